The van der Waals surface area contributed by atoms with Crippen LogP contribution < -0.4 is 10.6 Å². The van der Waals surface area contributed by atoms with Crippen molar-refractivity contribution < 1.29 is 19.4 Å². The molecule has 3 aromatic heterocycles. The number of para-hydroxylation sites is 1. The van der Waals surface area contributed by atoms with Crippen LogP contribution in [0.15, 0.2) is 85.2 Å². The molecule has 1 aliphatic carbocycles. The van der Waals surface area contributed by atoms with Crippen molar-refractivity contribution in [1.29, 1.82) is 0 Å². The number of pyridine rings is 3. The highest BCUT2D eigenvalue weighted by Crippen LogP contribution is 2.31. The number of nitrogens with zero attached hydrogens (tertiary/aromatic N) is 3. The van der Waals surface area contributed by atoms with Crippen LogP contribution in [-0.4, -0.2) is 44.2 Å². The quantitative estimate of drug-likeness (QED) is 0.220. The fourth-order valence-electron chi connectivity index (χ4n) is 5.26. The fourth-order valence-corrected chi connectivity index (χ4v) is 5.26. The summed E-state index contributed by atoms with van der Waals surface area (Å²) in [7, 11) is 0. The van der Waals surface area contributed by atoms with Gasteiger partial charge in [-0.25, -0.2) is 14.6 Å². The Morgan fingerprint density at radius 1 is 0.854 bits per heavy atom. The number of ether oxygens (including phenoxy) is 1. The van der Waals surface area contributed by atoms with Gasteiger partial charge >= 0.3 is 12.1 Å². The van der Waals surface area contributed by atoms with Crippen LogP contribution in [0.1, 0.15) is 41.6 Å². The van der Waals surface area contributed by atoms with Crippen LogP contribution in [0.25, 0.3) is 33.2 Å². The van der Waals surface area contributed by atoms with Gasteiger partial charge in [-0.2, -0.15) is 0 Å². The van der Waals surface area contributed by atoms with Crippen LogP contribution in [0, 0.1) is 0 Å². The molecule has 5 aromatic rings. The van der Waals surface area contributed by atoms with Gasteiger partial charge in [-0.3, -0.25) is 9.97 Å². The van der Waals surface area contributed by atoms with Crippen molar-refractivity contribution in [2.24, 2.45) is 0 Å². The number of aromatic carboxylic acids is 1. The van der Waals surface area contributed by atoms with Gasteiger partial charge in [0.2, 0.25) is 0 Å². The maximum Gasteiger partial charge on any atom is 0.407 e. The number of carbonyl (C=O) groups excluding carboxylic acids is 1. The molecule has 0 spiro atoms. The molecule has 0 unspecified atom stereocenters. The molecule has 3 heterocycles. The number of benzene rings is 2. The van der Waals surface area contributed by atoms with E-state index in [2.05, 4.69) is 20.6 Å². The predicted octanol–water partition coefficient (Wildman–Crippen LogP) is 6.19. The summed E-state index contributed by atoms with van der Waals surface area (Å²) in [6, 6.07) is 23.2. The van der Waals surface area contributed by atoms with Crippen molar-refractivity contribution >= 4 is 39.7 Å². The first kappa shape index (κ1) is 26.2. The van der Waals surface area contributed by atoms with Gasteiger partial charge < -0.3 is 20.5 Å². The van der Waals surface area contributed by atoms with Gasteiger partial charge in [0, 0.05) is 35.4 Å². The number of rotatable bonds is 7. The van der Waals surface area contributed by atoms with Gasteiger partial charge in [-0.1, -0.05) is 48.5 Å². The number of anilines is 1. The molecule has 6 rings (SSSR count). The molecule has 1 amide bonds. The van der Waals surface area contributed by atoms with Crippen molar-refractivity contribution in [1.82, 2.24) is 20.3 Å². The Hall–Kier alpha value is -5.05. The number of amides is 1. The molecule has 0 saturated heterocycles. The van der Waals surface area contributed by atoms with E-state index in [1.165, 1.54) is 6.20 Å². The lowest BCUT2D eigenvalue weighted by Crippen LogP contribution is -2.40. The lowest BCUT2D eigenvalue weighted by molar-refractivity contribution is 0.0697. The second-order valence-corrected chi connectivity index (χ2v) is 10.2. The monoisotopic (exact) mass is 547 g/mol. The van der Waals surface area contributed by atoms with E-state index < -0.39 is 12.1 Å². The highest BCUT2D eigenvalue weighted by molar-refractivity contribution is 6.03. The Morgan fingerprint density at radius 2 is 1.59 bits per heavy atom. The largest absolute Gasteiger partial charge is 0.478 e. The Balaban J connectivity index is 1.17. The van der Waals surface area contributed by atoms with Crippen LogP contribution in [0.2, 0.25) is 0 Å². The highest BCUT2D eigenvalue weighted by atomic mass is 16.5. The Labute approximate surface area is 236 Å². The van der Waals surface area contributed by atoms with Gasteiger partial charge in [0.15, 0.2) is 0 Å². The van der Waals surface area contributed by atoms with E-state index in [0.29, 0.717) is 22.4 Å². The molecule has 0 bridgehead atoms. The van der Waals surface area contributed by atoms with Gasteiger partial charge in [0.25, 0.3) is 0 Å². The van der Waals surface area contributed by atoms with E-state index in [1.807, 2.05) is 72.8 Å². The zero-order valence-electron chi connectivity index (χ0n) is 22.3. The third-order valence-corrected chi connectivity index (χ3v) is 7.44. The van der Waals surface area contributed by atoms with Crippen molar-refractivity contribution in [2.75, 3.05) is 5.32 Å². The maximum atomic E-state index is 12.3. The summed E-state index contributed by atoms with van der Waals surface area (Å²) in [6.07, 6.45) is 5.70. The van der Waals surface area contributed by atoms with E-state index in [9.17, 15) is 14.7 Å². The van der Waals surface area contributed by atoms with Crippen molar-refractivity contribution in [3.05, 3.63) is 96.3 Å². The Bertz CT molecular complexity index is 1720. The third kappa shape index (κ3) is 5.94. The van der Waals surface area contributed by atoms with E-state index >= 15 is 0 Å². The number of carbonyl (C=O) groups is 2. The molecule has 0 atom stereocenters. The Morgan fingerprint density at radius 3 is 2.39 bits per heavy atom. The van der Waals surface area contributed by atoms with Gasteiger partial charge in [0.1, 0.15) is 17.7 Å². The topological polar surface area (TPSA) is 126 Å². The number of alkyl carbamates (subject to hydrolysis) is 1. The molecule has 206 valence electrons. The van der Waals surface area contributed by atoms with Gasteiger partial charge in [0.05, 0.1) is 22.4 Å². The number of carboxylic acids is 1. The Kier molecular flexibility index (Phi) is 7.40. The molecule has 0 aliphatic heterocycles. The van der Waals surface area contributed by atoms with E-state index in [1.54, 1.807) is 6.20 Å². The molecule has 0 radical (unpaired) electrons. The summed E-state index contributed by atoms with van der Waals surface area (Å²) in [5.41, 5.74) is 4.98. The average molecular weight is 548 g/mol. The van der Waals surface area contributed by atoms with E-state index in [0.717, 1.165) is 47.7 Å². The standard InChI is InChI=1S/C32H29N5O4/c38-31(39)25-18-34-28-15-14-27(22-16-21-8-4-5-9-26(21)33-17-22)37-30(28)29(25)35-23-10-12-24(13-11-23)36-32(40)41-19-20-6-2-1-3-7-20/h1-9,14-18,23-24H,10-13,19H2,(H,34,35)(H,36,40)(H,38,39). The van der Waals surface area contributed by atoms with Crippen LogP contribution in [-0.2, 0) is 11.3 Å². The van der Waals surface area contributed by atoms with Crippen molar-refractivity contribution in [2.45, 2.75) is 44.4 Å². The van der Waals surface area contributed by atoms with Crippen LogP contribution in [0.3, 0.4) is 0 Å². The molecule has 1 saturated carbocycles. The highest BCUT2D eigenvalue weighted by Gasteiger charge is 2.25. The van der Waals surface area contributed by atoms with Crippen LogP contribution in [0.5, 0.6) is 0 Å². The first-order valence-corrected chi connectivity index (χ1v) is 13.7. The van der Waals surface area contributed by atoms with E-state index in [-0.39, 0.29) is 24.3 Å². The summed E-state index contributed by atoms with van der Waals surface area (Å²) in [5.74, 6) is -1.07. The summed E-state index contributed by atoms with van der Waals surface area (Å²) in [5, 5.41) is 17.4. The first-order valence-electron chi connectivity index (χ1n) is 13.7. The summed E-state index contributed by atoms with van der Waals surface area (Å²) >= 11 is 0. The molecule has 41 heavy (non-hydrogen) atoms. The lowest BCUT2D eigenvalue weighted by atomic mass is 9.91. The van der Waals surface area contributed by atoms with Gasteiger partial charge in [-0.05, 0) is 55.5 Å². The normalized spacial score (nSPS) is 16.8. The summed E-state index contributed by atoms with van der Waals surface area (Å²) in [4.78, 5) is 38.3. The maximum absolute atomic E-state index is 12.3. The SMILES string of the molecule is O=C(NC1CCC(Nc2c(C(=O)O)cnc3ccc(-c4cnc5ccccc5c4)nc23)CC1)OCc1ccccc1. The smallest absolute Gasteiger partial charge is 0.407 e. The number of hydrogen-bond acceptors (Lipinski definition) is 7. The summed E-state index contributed by atoms with van der Waals surface area (Å²) < 4.78 is 5.36. The molecule has 1 aliphatic rings. The van der Waals surface area contributed by atoms with E-state index in [4.69, 9.17) is 9.72 Å². The lowest BCUT2D eigenvalue weighted by Gasteiger charge is -2.30. The van der Waals surface area contributed by atoms with Crippen molar-refractivity contribution in [3.63, 3.8) is 0 Å². The van der Waals surface area contributed by atoms with Crippen molar-refractivity contribution in [3.8, 4) is 11.3 Å². The van der Waals surface area contributed by atoms with Gasteiger partial charge in [-0.15, -0.1) is 0 Å². The minimum absolute atomic E-state index is 0.00502. The zero-order chi connectivity index (χ0) is 28.2. The molecule has 2 aromatic carbocycles. The molecular weight excluding hydrogens is 518 g/mol. The number of carboxylic acid groups (broad SMARTS) is 1. The number of aromatic nitrogens is 3. The van der Waals surface area contributed by atoms with Crippen LogP contribution >= 0.6 is 0 Å². The molecule has 3 N–H and O–H groups in total. The predicted molar refractivity (Wildman–Crippen MR) is 157 cm³/mol. The average Bonchev–Trinajstić information content (AvgIpc) is 3.01. The summed E-state index contributed by atoms with van der Waals surface area (Å²) in [6.45, 7) is 0.223. The second-order valence-electron chi connectivity index (χ2n) is 10.2. The zero-order valence-corrected chi connectivity index (χ0v) is 22.3. The number of nitrogens with one attached hydrogen (secondary N) is 2. The second kappa shape index (κ2) is 11.6. The number of hydrogen-bond donors (Lipinski definition) is 3. The molecule has 9 heteroatoms. The number of fused-ring (bicyclic) bond motifs is 2. The minimum Gasteiger partial charge on any atom is -0.478 e. The third-order valence-electron chi connectivity index (χ3n) is 7.44. The van der Waals surface area contributed by atoms with Crippen LogP contribution in [0.4, 0.5) is 10.5 Å². The molecule has 1 fully saturated rings. The first-order chi connectivity index (χ1) is 20.0. The molecule has 9 nitrogen and oxygen atoms in total. The molecular formula is C32H29N5O4. The minimum atomic E-state index is -1.07. The fraction of sp³-hybridized carbons (Fsp3) is 0.219.